The summed E-state index contributed by atoms with van der Waals surface area (Å²) in [6, 6.07) is 9.51. The molecule has 3 nitrogen and oxygen atoms in total. The second-order valence-electron chi connectivity index (χ2n) is 3.69. The fourth-order valence-corrected chi connectivity index (χ4v) is 1.69. The summed E-state index contributed by atoms with van der Waals surface area (Å²) in [5.74, 6) is -0.888. The molecule has 0 aliphatic carbocycles. The quantitative estimate of drug-likeness (QED) is 0.776. The van der Waals surface area contributed by atoms with Crippen LogP contribution in [0.25, 0.3) is 0 Å². The van der Waals surface area contributed by atoms with E-state index in [1.165, 1.54) is 0 Å². The van der Waals surface area contributed by atoms with E-state index in [2.05, 4.69) is 0 Å². The van der Waals surface area contributed by atoms with Crippen molar-refractivity contribution < 1.29 is 9.90 Å². The molecule has 1 aromatic carbocycles. The summed E-state index contributed by atoms with van der Waals surface area (Å²) in [7, 11) is 0. The van der Waals surface area contributed by atoms with Gasteiger partial charge in [0.1, 0.15) is 0 Å². The van der Waals surface area contributed by atoms with E-state index in [1.54, 1.807) is 0 Å². The maximum Gasteiger partial charge on any atom is 0.304 e. The zero-order valence-electron chi connectivity index (χ0n) is 8.89. The predicted octanol–water partition coefficient (Wildman–Crippen LogP) is 1.98. The lowest BCUT2D eigenvalue weighted by molar-refractivity contribution is -0.137. The smallest absolute Gasteiger partial charge is 0.304 e. The molecule has 0 spiro atoms. The highest BCUT2D eigenvalue weighted by molar-refractivity contribution is 5.68. The van der Waals surface area contributed by atoms with Gasteiger partial charge in [0.2, 0.25) is 0 Å². The summed E-state index contributed by atoms with van der Waals surface area (Å²) in [4.78, 5) is 10.7. The zero-order valence-corrected chi connectivity index (χ0v) is 8.89. The van der Waals surface area contributed by atoms with Gasteiger partial charge >= 0.3 is 5.97 Å². The van der Waals surface area contributed by atoms with E-state index in [-0.39, 0.29) is 18.4 Å². The maximum absolute atomic E-state index is 10.7. The molecule has 1 aromatic rings. The first-order valence-corrected chi connectivity index (χ1v) is 5.17. The average Bonchev–Trinajstić information content (AvgIpc) is 2.26. The van der Waals surface area contributed by atoms with E-state index in [9.17, 15) is 4.79 Å². The summed E-state index contributed by atoms with van der Waals surface area (Å²) in [5.41, 5.74) is 6.94. The Bertz CT molecular complexity index is 311. The van der Waals surface area contributed by atoms with E-state index in [0.717, 1.165) is 12.0 Å². The Labute approximate surface area is 89.9 Å². The summed E-state index contributed by atoms with van der Waals surface area (Å²) < 4.78 is 0. The molecule has 0 aromatic heterocycles. The van der Waals surface area contributed by atoms with Gasteiger partial charge < -0.3 is 10.8 Å². The van der Waals surface area contributed by atoms with Crippen molar-refractivity contribution in [1.82, 2.24) is 0 Å². The van der Waals surface area contributed by atoms with Gasteiger partial charge in [0, 0.05) is 12.0 Å². The molecule has 0 bridgehead atoms. The van der Waals surface area contributed by atoms with Crippen LogP contribution in [-0.2, 0) is 4.79 Å². The van der Waals surface area contributed by atoms with Crippen molar-refractivity contribution in [2.75, 3.05) is 0 Å². The first kappa shape index (κ1) is 11.7. The number of carboxylic acids is 1. The summed E-state index contributed by atoms with van der Waals surface area (Å²) in [6.45, 7) is 1.97. The van der Waals surface area contributed by atoms with Gasteiger partial charge in [-0.3, -0.25) is 4.79 Å². The number of carbonyl (C=O) groups is 1. The lowest BCUT2D eigenvalue weighted by atomic mass is 9.88. The molecule has 1 rings (SSSR count). The SMILES string of the molecule is CC[C@@H](N)[C@@H](CC(=O)O)c1ccccc1. The Balaban J connectivity index is 2.86. The van der Waals surface area contributed by atoms with Crippen molar-refractivity contribution >= 4 is 5.97 Å². The van der Waals surface area contributed by atoms with Crippen molar-refractivity contribution in [3.8, 4) is 0 Å². The third-order valence-corrected chi connectivity index (χ3v) is 2.61. The lowest BCUT2D eigenvalue weighted by Crippen LogP contribution is -2.29. The van der Waals surface area contributed by atoms with Gasteiger partial charge in [0.25, 0.3) is 0 Å². The monoisotopic (exact) mass is 207 g/mol. The van der Waals surface area contributed by atoms with Crippen LogP contribution in [0.15, 0.2) is 30.3 Å². The van der Waals surface area contributed by atoms with E-state index >= 15 is 0 Å². The minimum absolute atomic E-state index is 0.0892. The fourth-order valence-electron chi connectivity index (χ4n) is 1.69. The standard InChI is InChI=1S/C12H17NO2/c1-2-11(13)10(8-12(14)15)9-6-4-3-5-7-9/h3-7,10-11H,2,8,13H2,1H3,(H,14,15)/t10-,11+/m0/s1. The molecule has 0 aliphatic heterocycles. The minimum atomic E-state index is -0.798. The number of hydrogen-bond donors (Lipinski definition) is 2. The molecule has 3 heteroatoms. The topological polar surface area (TPSA) is 63.3 Å². The van der Waals surface area contributed by atoms with Crippen LogP contribution in [0.2, 0.25) is 0 Å². The van der Waals surface area contributed by atoms with Crippen LogP contribution in [-0.4, -0.2) is 17.1 Å². The van der Waals surface area contributed by atoms with E-state index in [4.69, 9.17) is 10.8 Å². The van der Waals surface area contributed by atoms with Gasteiger partial charge in [-0.15, -0.1) is 0 Å². The molecule has 0 saturated carbocycles. The van der Waals surface area contributed by atoms with Crippen LogP contribution in [0.3, 0.4) is 0 Å². The predicted molar refractivity (Wildman–Crippen MR) is 59.7 cm³/mol. The Morgan fingerprint density at radius 2 is 2.00 bits per heavy atom. The van der Waals surface area contributed by atoms with Crippen molar-refractivity contribution in [1.29, 1.82) is 0 Å². The molecule has 2 atom stereocenters. The van der Waals surface area contributed by atoms with Gasteiger partial charge in [-0.25, -0.2) is 0 Å². The summed E-state index contributed by atoms with van der Waals surface area (Å²) in [5, 5.41) is 8.83. The number of carboxylic acid groups (broad SMARTS) is 1. The van der Waals surface area contributed by atoms with Crippen LogP contribution in [0.4, 0.5) is 0 Å². The van der Waals surface area contributed by atoms with Gasteiger partial charge in [0.15, 0.2) is 0 Å². The summed E-state index contributed by atoms with van der Waals surface area (Å²) in [6.07, 6.45) is 0.881. The number of rotatable bonds is 5. The first-order valence-electron chi connectivity index (χ1n) is 5.17. The van der Waals surface area contributed by atoms with E-state index in [0.29, 0.717) is 0 Å². The van der Waals surface area contributed by atoms with Gasteiger partial charge in [0.05, 0.1) is 6.42 Å². The van der Waals surface area contributed by atoms with Crippen LogP contribution in [0.1, 0.15) is 31.2 Å². The normalized spacial score (nSPS) is 14.5. The van der Waals surface area contributed by atoms with Gasteiger partial charge in [-0.1, -0.05) is 37.3 Å². The molecule has 0 saturated heterocycles. The molecule has 15 heavy (non-hydrogen) atoms. The molecule has 0 fully saturated rings. The number of hydrogen-bond acceptors (Lipinski definition) is 2. The molecule has 3 N–H and O–H groups in total. The largest absolute Gasteiger partial charge is 0.481 e. The number of nitrogens with two attached hydrogens (primary N) is 1. The Hall–Kier alpha value is -1.35. The van der Waals surface area contributed by atoms with Crippen molar-refractivity contribution in [2.45, 2.75) is 31.7 Å². The Morgan fingerprint density at radius 3 is 2.47 bits per heavy atom. The van der Waals surface area contributed by atoms with Crippen molar-refractivity contribution in [3.05, 3.63) is 35.9 Å². The average molecular weight is 207 g/mol. The Morgan fingerprint density at radius 1 is 1.40 bits per heavy atom. The molecule has 0 unspecified atom stereocenters. The number of benzene rings is 1. The Kier molecular flexibility index (Phi) is 4.31. The molecule has 82 valence electrons. The van der Waals surface area contributed by atoms with Gasteiger partial charge in [-0.05, 0) is 12.0 Å². The van der Waals surface area contributed by atoms with Crippen LogP contribution < -0.4 is 5.73 Å². The lowest BCUT2D eigenvalue weighted by Gasteiger charge is -2.21. The molecule has 0 aliphatic rings. The number of aliphatic carboxylic acids is 1. The van der Waals surface area contributed by atoms with Crippen molar-refractivity contribution in [2.24, 2.45) is 5.73 Å². The third-order valence-electron chi connectivity index (χ3n) is 2.61. The highest BCUT2D eigenvalue weighted by Gasteiger charge is 2.21. The minimum Gasteiger partial charge on any atom is -0.481 e. The first-order chi connectivity index (χ1) is 7.15. The molecule has 0 amide bonds. The van der Waals surface area contributed by atoms with Gasteiger partial charge in [-0.2, -0.15) is 0 Å². The van der Waals surface area contributed by atoms with Crippen molar-refractivity contribution in [3.63, 3.8) is 0 Å². The molecular formula is C12H17NO2. The second-order valence-corrected chi connectivity index (χ2v) is 3.69. The van der Waals surface area contributed by atoms with Crippen LogP contribution >= 0.6 is 0 Å². The fraction of sp³-hybridized carbons (Fsp3) is 0.417. The second kappa shape index (κ2) is 5.51. The van der Waals surface area contributed by atoms with Crippen LogP contribution in [0, 0.1) is 0 Å². The van der Waals surface area contributed by atoms with Crippen LogP contribution in [0.5, 0.6) is 0 Å². The maximum atomic E-state index is 10.7. The molecule has 0 radical (unpaired) electrons. The summed E-state index contributed by atoms with van der Waals surface area (Å²) >= 11 is 0. The molecule has 0 heterocycles. The van der Waals surface area contributed by atoms with E-state index < -0.39 is 5.97 Å². The highest BCUT2D eigenvalue weighted by atomic mass is 16.4. The van der Waals surface area contributed by atoms with E-state index in [1.807, 2.05) is 37.3 Å². The molecular weight excluding hydrogens is 190 g/mol. The third kappa shape index (κ3) is 3.36. The highest BCUT2D eigenvalue weighted by Crippen LogP contribution is 2.23. The zero-order chi connectivity index (χ0) is 11.3.